The fourth-order valence-corrected chi connectivity index (χ4v) is 7.08. The predicted octanol–water partition coefficient (Wildman–Crippen LogP) is 11.9. The highest BCUT2D eigenvalue weighted by atomic mass is 15.1. The van der Waals surface area contributed by atoms with Crippen molar-refractivity contribution in [1.82, 2.24) is 0 Å². The molecule has 0 N–H and O–H groups in total. The van der Waals surface area contributed by atoms with Crippen molar-refractivity contribution in [2.24, 2.45) is 0 Å². The summed E-state index contributed by atoms with van der Waals surface area (Å²) in [6.45, 7) is 4.70. The number of hydrogen-bond acceptors (Lipinski definition) is 1. The molecule has 44 heavy (non-hydrogen) atoms. The van der Waals surface area contributed by atoms with Gasteiger partial charge in [-0.2, -0.15) is 0 Å². The van der Waals surface area contributed by atoms with Crippen molar-refractivity contribution in [3.8, 4) is 33.4 Å². The first-order chi connectivity index (χ1) is 21.6. The topological polar surface area (TPSA) is 3.24 Å². The van der Waals surface area contributed by atoms with Gasteiger partial charge in [-0.15, -0.1) is 0 Å². The summed E-state index contributed by atoms with van der Waals surface area (Å²) in [5, 5.41) is 2.46. The molecule has 0 atom stereocenters. The molecule has 0 saturated carbocycles. The second-order valence-corrected chi connectivity index (χ2v) is 12.2. The van der Waals surface area contributed by atoms with Crippen LogP contribution in [0.3, 0.4) is 0 Å². The SMILES string of the molecule is CC1(C)c2ccccc2-c2ccc(N(c3ccccc3)c3cccc4cccc(-c5cccc(-c6ccccc6)c5)c34)cc21. The number of fused-ring (bicyclic) bond motifs is 4. The Morgan fingerprint density at radius 3 is 1.84 bits per heavy atom. The van der Waals surface area contributed by atoms with E-state index in [4.69, 9.17) is 0 Å². The van der Waals surface area contributed by atoms with Crippen LogP contribution in [-0.2, 0) is 5.41 Å². The van der Waals surface area contributed by atoms with E-state index >= 15 is 0 Å². The first-order valence-corrected chi connectivity index (χ1v) is 15.4. The molecule has 1 heteroatoms. The zero-order chi connectivity index (χ0) is 29.7. The van der Waals surface area contributed by atoms with Crippen LogP contribution >= 0.6 is 0 Å². The second kappa shape index (κ2) is 10.4. The summed E-state index contributed by atoms with van der Waals surface area (Å²) in [6.07, 6.45) is 0. The van der Waals surface area contributed by atoms with Gasteiger partial charge in [-0.1, -0.05) is 141 Å². The maximum atomic E-state index is 2.44. The molecule has 210 valence electrons. The zero-order valence-electron chi connectivity index (χ0n) is 25.0. The summed E-state index contributed by atoms with van der Waals surface area (Å²) in [4.78, 5) is 2.44. The average Bonchev–Trinajstić information content (AvgIpc) is 3.31. The van der Waals surface area contributed by atoms with Crippen molar-refractivity contribution in [1.29, 1.82) is 0 Å². The van der Waals surface area contributed by atoms with Crippen LogP contribution in [0, 0.1) is 0 Å². The van der Waals surface area contributed by atoms with Crippen LogP contribution in [0.2, 0.25) is 0 Å². The summed E-state index contributed by atoms with van der Waals surface area (Å²) >= 11 is 0. The number of para-hydroxylation sites is 1. The van der Waals surface area contributed by atoms with Gasteiger partial charge in [0, 0.05) is 22.2 Å². The number of rotatable bonds is 5. The van der Waals surface area contributed by atoms with E-state index in [0.717, 1.165) is 11.4 Å². The Morgan fingerprint density at radius 1 is 0.409 bits per heavy atom. The van der Waals surface area contributed by atoms with E-state index in [9.17, 15) is 0 Å². The molecule has 1 aliphatic rings. The Hall–Kier alpha value is -5.40. The van der Waals surface area contributed by atoms with Crippen LogP contribution in [0.4, 0.5) is 17.1 Å². The lowest BCUT2D eigenvalue weighted by Crippen LogP contribution is -2.16. The highest BCUT2D eigenvalue weighted by molar-refractivity contribution is 6.08. The molecule has 0 bridgehead atoms. The van der Waals surface area contributed by atoms with Gasteiger partial charge < -0.3 is 4.90 Å². The maximum absolute atomic E-state index is 2.44. The van der Waals surface area contributed by atoms with Gasteiger partial charge in [0.25, 0.3) is 0 Å². The molecule has 1 nitrogen and oxygen atoms in total. The third-order valence-corrected chi connectivity index (χ3v) is 9.24. The highest BCUT2D eigenvalue weighted by Gasteiger charge is 2.35. The van der Waals surface area contributed by atoms with Crippen LogP contribution in [0.25, 0.3) is 44.2 Å². The summed E-state index contributed by atoms with van der Waals surface area (Å²) < 4.78 is 0. The third kappa shape index (κ3) is 4.24. The lowest BCUT2D eigenvalue weighted by molar-refractivity contribution is 0.660. The molecule has 7 aromatic rings. The van der Waals surface area contributed by atoms with Crippen LogP contribution in [0.1, 0.15) is 25.0 Å². The molecular weight excluding hydrogens is 530 g/mol. The van der Waals surface area contributed by atoms with E-state index in [1.165, 1.54) is 61.0 Å². The van der Waals surface area contributed by atoms with Gasteiger partial charge >= 0.3 is 0 Å². The van der Waals surface area contributed by atoms with E-state index in [1.807, 2.05) is 0 Å². The van der Waals surface area contributed by atoms with Gasteiger partial charge in [-0.25, -0.2) is 0 Å². The summed E-state index contributed by atoms with van der Waals surface area (Å²) in [6, 6.07) is 59.6. The molecule has 0 spiro atoms. The van der Waals surface area contributed by atoms with Crippen molar-refractivity contribution >= 4 is 27.8 Å². The second-order valence-electron chi connectivity index (χ2n) is 12.2. The molecular formula is C43H33N. The summed E-state index contributed by atoms with van der Waals surface area (Å²) in [5.41, 5.74) is 13.7. The Morgan fingerprint density at radius 2 is 1.02 bits per heavy atom. The van der Waals surface area contributed by atoms with Gasteiger partial charge in [0.15, 0.2) is 0 Å². The highest BCUT2D eigenvalue weighted by Crippen LogP contribution is 2.51. The fourth-order valence-electron chi connectivity index (χ4n) is 7.08. The number of benzene rings is 7. The van der Waals surface area contributed by atoms with Crippen LogP contribution in [-0.4, -0.2) is 0 Å². The van der Waals surface area contributed by atoms with E-state index in [0.29, 0.717) is 0 Å². The van der Waals surface area contributed by atoms with E-state index in [2.05, 4.69) is 183 Å². The Balaban J connectivity index is 1.35. The number of anilines is 3. The first kappa shape index (κ1) is 26.2. The molecule has 7 aromatic carbocycles. The van der Waals surface area contributed by atoms with Crippen molar-refractivity contribution in [3.05, 3.63) is 175 Å². The third-order valence-electron chi connectivity index (χ3n) is 9.24. The van der Waals surface area contributed by atoms with Crippen LogP contribution in [0.15, 0.2) is 164 Å². The van der Waals surface area contributed by atoms with Crippen molar-refractivity contribution in [3.63, 3.8) is 0 Å². The normalized spacial score (nSPS) is 13.0. The standard InChI is InChI=1S/C43H33N/c1-43(2)39-24-10-9-22-37(39)38-27-26-35(29-40(38)43)44(34-20-7-4-8-21-34)41-25-13-17-31-16-12-23-36(42(31)41)33-19-11-18-32(28-33)30-14-5-3-6-15-30/h3-29H,1-2H3. The molecule has 0 unspecified atom stereocenters. The minimum atomic E-state index is -0.0773. The molecule has 0 radical (unpaired) electrons. The molecule has 0 amide bonds. The van der Waals surface area contributed by atoms with Gasteiger partial charge in [0.2, 0.25) is 0 Å². The maximum Gasteiger partial charge on any atom is 0.0546 e. The minimum Gasteiger partial charge on any atom is -0.310 e. The molecule has 0 aromatic heterocycles. The largest absolute Gasteiger partial charge is 0.310 e. The lowest BCUT2D eigenvalue weighted by atomic mass is 9.82. The van der Waals surface area contributed by atoms with Crippen molar-refractivity contribution in [2.45, 2.75) is 19.3 Å². The van der Waals surface area contributed by atoms with Crippen molar-refractivity contribution in [2.75, 3.05) is 4.90 Å². The lowest BCUT2D eigenvalue weighted by Gasteiger charge is -2.29. The molecule has 0 saturated heterocycles. The van der Waals surface area contributed by atoms with Crippen molar-refractivity contribution < 1.29 is 0 Å². The van der Waals surface area contributed by atoms with Gasteiger partial charge in [0.05, 0.1) is 5.69 Å². The Labute approximate surface area is 259 Å². The zero-order valence-corrected chi connectivity index (χ0v) is 25.0. The summed E-state index contributed by atoms with van der Waals surface area (Å²) in [5.74, 6) is 0. The van der Waals surface area contributed by atoms with Crippen LogP contribution in [0.5, 0.6) is 0 Å². The number of nitrogens with zero attached hydrogens (tertiary/aromatic N) is 1. The predicted molar refractivity (Wildman–Crippen MR) is 187 cm³/mol. The first-order valence-electron chi connectivity index (χ1n) is 15.4. The monoisotopic (exact) mass is 563 g/mol. The molecule has 0 aliphatic heterocycles. The Bertz CT molecular complexity index is 2140. The van der Waals surface area contributed by atoms with Gasteiger partial charge in [-0.3, -0.25) is 0 Å². The van der Waals surface area contributed by atoms with Gasteiger partial charge in [0.1, 0.15) is 0 Å². The smallest absolute Gasteiger partial charge is 0.0546 e. The quantitative estimate of drug-likeness (QED) is 0.201. The van der Waals surface area contributed by atoms with E-state index < -0.39 is 0 Å². The Kier molecular flexibility index (Phi) is 6.20. The summed E-state index contributed by atoms with van der Waals surface area (Å²) in [7, 11) is 0. The molecule has 8 rings (SSSR count). The molecule has 1 aliphatic carbocycles. The minimum absolute atomic E-state index is 0.0773. The average molecular weight is 564 g/mol. The molecule has 0 heterocycles. The van der Waals surface area contributed by atoms with E-state index in [1.54, 1.807) is 0 Å². The fraction of sp³-hybridized carbons (Fsp3) is 0.0698. The van der Waals surface area contributed by atoms with Gasteiger partial charge in [-0.05, 0) is 86.3 Å². The molecule has 0 fully saturated rings. The van der Waals surface area contributed by atoms with Crippen LogP contribution < -0.4 is 4.90 Å². The van der Waals surface area contributed by atoms with E-state index in [-0.39, 0.29) is 5.41 Å². The number of hydrogen-bond donors (Lipinski definition) is 0.